The molecule has 1 aromatic heterocycles. The number of ether oxygens (including phenoxy) is 1. The van der Waals surface area contributed by atoms with Crippen molar-refractivity contribution in [3.05, 3.63) is 93.7 Å². The first-order valence-corrected chi connectivity index (χ1v) is 12.2. The van der Waals surface area contributed by atoms with Crippen LogP contribution in [0.5, 0.6) is 5.75 Å². The van der Waals surface area contributed by atoms with Gasteiger partial charge in [0.25, 0.3) is 0 Å². The van der Waals surface area contributed by atoms with Gasteiger partial charge in [0.2, 0.25) is 5.91 Å². The second-order valence-corrected chi connectivity index (χ2v) is 9.32. The molecule has 0 fully saturated rings. The molecule has 4 aromatic rings. The maximum atomic E-state index is 12.6. The summed E-state index contributed by atoms with van der Waals surface area (Å²) < 4.78 is 8.10. The van der Waals surface area contributed by atoms with E-state index >= 15 is 0 Å². The van der Waals surface area contributed by atoms with E-state index in [1.165, 1.54) is 11.8 Å². The fourth-order valence-corrected chi connectivity index (χ4v) is 4.68. The lowest BCUT2D eigenvalue weighted by atomic mass is 10.1. The second kappa shape index (κ2) is 10.9. The van der Waals surface area contributed by atoms with Gasteiger partial charge in [0.15, 0.2) is 5.16 Å². The molecule has 3 aromatic carbocycles. The smallest absolute Gasteiger partial charge is 0.234 e. The number of carbonyl (C=O) groups excluding carboxylic acids is 1. The summed E-state index contributed by atoms with van der Waals surface area (Å²) in [5, 5.41) is 12.7. The number of hydrogen-bond acceptors (Lipinski definition) is 5. The Hall–Kier alpha value is -2.81. The third kappa shape index (κ3) is 5.96. The highest BCUT2D eigenvalue weighted by atomic mass is 79.9. The first kappa shape index (κ1) is 23.4. The third-order valence-corrected chi connectivity index (χ3v) is 6.51. The van der Waals surface area contributed by atoms with Gasteiger partial charge in [-0.15, -0.1) is 10.2 Å². The molecule has 0 spiro atoms. The van der Waals surface area contributed by atoms with Crippen LogP contribution in [0.25, 0.3) is 5.69 Å². The zero-order chi connectivity index (χ0) is 23.2. The summed E-state index contributed by atoms with van der Waals surface area (Å²) in [5.41, 5.74) is 2.58. The molecule has 0 radical (unpaired) electrons. The first-order chi connectivity index (χ1) is 16.0. The number of anilines is 1. The highest BCUT2D eigenvalue weighted by molar-refractivity contribution is 9.10. The van der Waals surface area contributed by atoms with Gasteiger partial charge in [-0.3, -0.25) is 9.36 Å². The van der Waals surface area contributed by atoms with Crippen LogP contribution < -0.4 is 10.1 Å². The number of rotatable bonds is 8. The number of hydrogen-bond donors (Lipinski definition) is 1. The molecule has 0 bridgehead atoms. The fourth-order valence-electron chi connectivity index (χ4n) is 3.18. The van der Waals surface area contributed by atoms with Crippen molar-refractivity contribution in [1.29, 1.82) is 0 Å². The van der Waals surface area contributed by atoms with Crippen molar-refractivity contribution < 1.29 is 9.53 Å². The number of halogens is 2. The van der Waals surface area contributed by atoms with Crippen molar-refractivity contribution in [2.75, 3.05) is 18.2 Å². The Kier molecular flexibility index (Phi) is 7.69. The minimum atomic E-state index is -0.182. The van der Waals surface area contributed by atoms with Crippen LogP contribution in [0.3, 0.4) is 0 Å². The predicted octanol–water partition coefficient (Wildman–Crippen LogP) is 6.01. The summed E-state index contributed by atoms with van der Waals surface area (Å²) in [6.45, 7) is 0. The van der Waals surface area contributed by atoms with Gasteiger partial charge in [0, 0.05) is 16.6 Å². The van der Waals surface area contributed by atoms with Gasteiger partial charge in [-0.2, -0.15) is 0 Å². The summed E-state index contributed by atoms with van der Waals surface area (Å²) in [6, 6.07) is 23.1. The van der Waals surface area contributed by atoms with Gasteiger partial charge >= 0.3 is 0 Å². The molecule has 1 N–H and O–H groups in total. The lowest BCUT2D eigenvalue weighted by molar-refractivity contribution is -0.113. The summed E-state index contributed by atoms with van der Waals surface area (Å²) in [7, 11) is 1.63. The highest BCUT2D eigenvalue weighted by Gasteiger charge is 2.17. The molecule has 6 nitrogen and oxygen atoms in total. The van der Waals surface area contributed by atoms with Crippen LogP contribution in [0.4, 0.5) is 5.69 Å². The zero-order valence-corrected chi connectivity index (χ0v) is 20.8. The van der Waals surface area contributed by atoms with Crippen molar-refractivity contribution in [1.82, 2.24) is 14.8 Å². The maximum absolute atomic E-state index is 12.6. The van der Waals surface area contributed by atoms with Crippen molar-refractivity contribution in [3.8, 4) is 11.4 Å². The minimum Gasteiger partial charge on any atom is -0.497 e. The van der Waals surface area contributed by atoms with Crippen molar-refractivity contribution in [2.45, 2.75) is 11.6 Å². The fraction of sp³-hybridized carbons (Fsp3) is 0.125. The number of methoxy groups -OCH3 is 1. The normalized spacial score (nSPS) is 10.8. The standard InChI is InChI=1S/C24H20BrClN4O2S/c1-32-19-10-8-18(9-11-19)30-22(13-16-5-3-2-4-6-16)28-29-24(30)33-15-23(31)27-21-12-7-17(25)14-20(21)26/h2-12,14H,13,15H2,1H3,(H,27,31). The number of aromatic nitrogens is 3. The van der Waals surface area contributed by atoms with Crippen molar-refractivity contribution in [3.63, 3.8) is 0 Å². The SMILES string of the molecule is COc1ccc(-n2c(Cc3ccccc3)nnc2SCC(=O)Nc2ccc(Br)cc2Cl)cc1. The van der Waals surface area contributed by atoms with Crippen molar-refractivity contribution in [2.24, 2.45) is 0 Å². The van der Waals surface area contributed by atoms with Crippen LogP contribution in [-0.4, -0.2) is 33.5 Å². The summed E-state index contributed by atoms with van der Waals surface area (Å²) in [6.07, 6.45) is 0.612. The lowest BCUT2D eigenvalue weighted by Gasteiger charge is -2.11. The topological polar surface area (TPSA) is 69.0 Å². The minimum absolute atomic E-state index is 0.159. The molecule has 0 saturated heterocycles. The van der Waals surface area contributed by atoms with Gasteiger partial charge in [-0.1, -0.05) is 69.6 Å². The molecule has 0 aliphatic heterocycles. The van der Waals surface area contributed by atoms with Gasteiger partial charge in [0.05, 0.1) is 23.6 Å². The van der Waals surface area contributed by atoms with Crippen LogP contribution in [0.15, 0.2) is 82.4 Å². The van der Waals surface area contributed by atoms with E-state index in [-0.39, 0.29) is 11.7 Å². The molecule has 0 saturated carbocycles. The molecule has 0 aliphatic rings. The zero-order valence-electron chi connectivity index (χ0n) is 17.7. The summed E-state index contributed by atoms with van der Waals surface area (Å²) in [4.78, 5) is 12.6. The van der Waals surface area contributed by atoms with Crippen LogP contribution in [0, 0.1) is 0 Å². The molecule has 4 rings (SSSR count). The molecule has 1 amide bonds. The van der Waals surface area contributed by atoms with E-state index in [9.17, 15) is 4.79 Å². The second-order valence-electron chi connectivity index (χ2n) is 7.06. The van der Waals surface area contributed by atoms with Gasteiger partial charge < -0.3 is 10.1 Å². The Labute approximate surface area is 209 Å². The highest BCUT2D eigenvalue weighted by Crippen LogP contribution is 2.27. The quantitative estimate of drug-likeness (QED) is 0.276. The Morgan fingerprint density at radius 2 is 1.85 bits per heavy atom. The Balaban J connectivity index is 1.55. The van der Waals surface area contributed by atoms with Crippen LogP contribution in [0.1, 0.15) is 11.4 Å². The number of nitrogens with zero attached hydrogens (tertiary/aromatic N) is 3. The molecule has 9 heteroatoms. The van der Waals surface area contributed by atoms with E-state index < -0.39 is 0 Å². The van der Waals surface area contributed by atoms with Gasteiger partial charge in [-0.05, 0) is 48.0 Å². The van der Waals surface area contributed by atoms with Gasteiger partial charge in [-0.25, -0.2) is 0 Å². The van der Waals surface area contributed by atoms with E-state index in [1.54, 1.807) is 19.2 Å². The molecule has 0 atom stereocenters. The number of amides is 1. The molecular formula is C24H20BrClN4O2S. The maximum Gasteiger partial charge on any atom is 0.234 e. The van der Waals surface area contributed by atoms with Crippen LogP contribution in [0.2, 0.25) is 5.02 Å². The lowest BCUT2D eigenvalue weighted by Crippen LogP contribution is -2.15. The molecule has 168 valence electrons. The number of thioether (sulfide) groups is 1. The van der Waals surface area contributed by atoms with Crippen molar-refractivity contribution >= 4 is 50.9 Å². The number of nitrogens with one attached hydrogen (secondary N) is 1. The molecule has 0 unspecified atom stereocenters. The first-order valence-electron chi connectivity index (χ1n) is 10.0. The Bertz CT molecular complexity index is 1250. The molecule has 0 aliphatic carbocycles. The Morgan fingerprint density at radius 1 is 1.09 bits per heavy atom. The summed E-state index contributed by atoms with van der Waals surface area (Å²) >= 11 is 10.9. The largest absolute Gasteiger partial charge is 0.497 e. The van der Waals surface area contributed by atoms with Crippen LogP contribution in [-0.2, 0) is 11.2 Å². The predicted molar refractivity (Wildman–Crippen MR) is 136 cm³/mol. The Morgan fingerprint density at radius 3 is 2.55 bits per heavy atom. The van der Waals surface area contributed by atoms with Gasteiger partial charge in [0.1, 0.15) is 11.6 Å². The monoisotopic (exact) mass is 542 g/mol. The van der Waals surface area contributed by atoms with E-state index in [0.29, 0.717) is 22.3 Å². The van der Waals surface area contributed by atoms with E-state index in [2.05, 4.69) is 43.6 Å². The summed E-state index contributed by atoms with van der Waals surface area (Å²) in [5.74, 6) is 1.52. The average Bonchev–Trinajstić information content (AvgIpc) is 3.22. The average molecular weight is 544 g/mol. The third-order valence-electron chi connectivity index (χ3n) is 4.77. The molecular weight excluding hydrogens is 524 g/mol. The molecule has 33 heavy (non-hydrogen) atoms. The number of benzene rings is 3. The number of carbonyl (C=O) groups is 1. The van der Waals surface area contributed by atoms with E-state index in [4.69, 9.17) is 16.3 Å². The molecule has 1 heterocycles. The van der Waals surface area contributed by atoms with E-state index in [1.807, 2.05) is 53.1 Å². The van der Waals surface area contributed by atoms with E-state index in [0.717, 1.165) is 27.3 Å². The van der Waals surface area contributed by atoms with Crippen LogP contribution >= 0.6 is 39.3 Å².